The fourth-order valence-electron chi connectivity index (χ4n) is 2.75. The SMILES string of the molecule is CCNC(=NCCc1nnc2ccccn12)N(C)Cc1ccccc1Cl. The van der Waals surface area contributed by atoms with Crippen molar-refractivity contribution in [2.45, 2.75) is 19.9 Å². The summed E-state index contributed by atoms with van der Waals surface area (Å²) in [6.07, 6.45) is 2.70. The summed E-state index contributed by atoms with van der Waals surface area (Å²) < 4.78 is 2.00. The van der Waals surface area contributed by atoms with E-state index in [1.165, 1.54) is 0 Å². The van der Waals surface area contributed by atoms with Crippen LogP contribution in [0.1, 0.15) is 18.3 Å². The van der Waals surface area contributed by atoms with Crippen LogP contribution in [0.15, 0.2) is 53.7 Å². The van der Waals surface area contributed by atoms with Gasteiger partial charge >= 0.3 is 0 Å². The predicted molar refractivity (Wildman–Crippen MR) is 106 cm³/mol. The first-order chi connectivity index (χ1) is 12.7. The quantitative estimate of drug-likeness (QED) is 0.535. The maximum atomic E-state index is 6.27. The van der Waals surface area contributed by atoms with Gasteiger partial charge in [-0.25, -0.2) is 0 Å². The van der Waals surface area contributed by atoms with Crippen molar-refractivity contribution in [2.75, 3.05) is 20.1 Å². The van der Waals surface area contributed by atoms with E-state index in [0.29, 0.717) is 13.1 Å². The fraction of sp³-hybridized carbons (Fsp3) is 0.316. The van der Waals surface area contributed by atoms with Crippen LogP contribution in [-0.4, -0.2) is 45.6 Å². The number of aliphatic imine (C=N–C) groups is 1. The highest BCUT2D eigenvalue weighted by Crippen LogP contribution is 2.16. The molecule has 0 radical (unpaired) electrons. The lowest BCUT2D eigenvalue weighted by Crippen LogP contribution is -2.38. The molecule has 0 unspecified atom stereocenters. The van der Waals surface area contributed by atoms with Gasteiger partial charge in [0.25, 0.3) is 0 Å². The summed E-state index contributed by atoms with van der Waals surface area (Å²) in [5, 5.41) is 12.5. The molecule has 0 spiro atoms. The number of halogens is 1. The second-order valence-corrected chi connectivity index (χ2v) is 6.39. The highest BCUT2D eigenvalue weighted by Gasteiger charge is 2.09. The first-order valence-electron chi connectivity index (χ1n) is 8.70. The number of aromatic nitrogens is 3. The van der Waals surface area contributed by atoms with Gasteiger partial charge in [0.05, 0.1) is 0 Å². The van der Waals surface area contributed by atoms with Crippen molar-refractivity contribution in [3.63, 3.8) is 0 Å². The van der Waals surface area contributed by atoms with E-state index in [-0.39, 0.29) is 0 Å². The molecular weight excluding hydrogens is 348 g/mol. The number of guanidine groups is 1. The Kier molecular flexibility index (Phi) is 6.07. The van der Waals surface area contributed by atoms with Crippen LogP contribution in [0.25, 0.3) is 5.65 Å². The lowest BCUT2D eigenvalue weighted by molar-refractivity contribution is 0.477. The minimum absolute atomic E-state index is 0.630. The third-order valence-corrected chi connectivity index (χ3v) is 4.41. The number of pyridine rings is 1. The monoisotopic (exact) mass is 370 g/mol. The van der Waals surface area contributed by atoms with Crippen molar-refractivity contribution >= 4 is 23.2 Å². The van der Waals surface area contributed by atoms with Crippen LogP contribution >= 0.6 is 11.6 Å². The van der Waals surface area contributed by atoms with Crippen LogP contribution in [0.5, 0.6) is 0 Å². The van der Waals surface area contributed by atoms with Crippen molar-refractivity contribution in [1.29, 1.82) is 0 Å². The Hall–Kier alpha value is -2.60. The molecule has 2 heterocycles. The Labute approximate surface area is 158 Å². The Morgan fingerprint density at radius 2 is 2.00 bits per heavy atom. The molecule has 0 aliphatic rings. The van der Waals surface area contributed by atoms with Crippen molar-refractivity contribution < 1.29 is 0 Å². The molecule has 2 aromatic heterocycles. The van der Waals surface area contributed by atoms with Gasteiger partial charge < -0.3 is 10.2 Å². The largest absolute Gasteiger partial charge is 0.357 e. The third kappa shape index (κ3) is 4.32. The molecule has 0 fully saturated rings. The number of benzene rings is 1. The summed E-state index contributed by atoms with van der Waals surface area (Å²) in [6.45, 7) is 4.19. The Bertz CT molecular complexity index is 888. The fourth-order valence-corrected chi connectivity index (χ4v) is 2.95. The van der Waals surface area contributed by atoms with Gasteiger partial charge in [0.1, 0.15) is 5.82 Å². The van der Waals surface area contributed by atoms with Gasteiger partial charge in [-0.05, 0) is 30.7 Å². The van der Waals surface area contributed by atoms with Crippen LogP contribution in [0, 0.1) is 0 Å². The first-order valence-corrected chi connectivity index (χ1v) is 9.08. The summed E-state index contributed by atoms with van der Waals surface area (Å²) in [5.41, 5.74) is 1.93. The van der Waals surface area contributed by atoms with E-state index < -0.39 is 0 Å². The van der Waals surface area contributed by atoms with E-state index >= 15 is 0 Å². The molecule has 1 aromatic carbocycles. The second-order valence-electron chi connectivity index (χ2n) is 5.98. The van der Waals surface area contributed by atoms with Crippen LogP contribution in [0.4, 0.5) is 0 Å². The van der Waals surface area contributed by atoms with E-state index in [0.717, 1.165) is 41.0 Å². The topological polar surface area (TPSA) is 57.8 Å². The number of hydrogen-bond donors (Lipinski definition) is 1. The minimum atomic E-state index is 0.630. The molecule has 0 atom stereocenters. The first kappa shape index (κ1) is 18.2. The van der Waals surface area contributed by atoms with E-state index in [4.69, 9.17) is 16.6 Å². The number of rotatable bonds is 6. The molecule has 0 saturated heterocycles. The van der Waals surface area contributed by atoms with Crippen molar-refractivity contribution in [3.05, 3.63) is 65.1 Å². The molecule has 3 rings (SSSR count). The lowest BCUT2D eigenvalue weighted by Gasteiger charge is -2.22. The van der Waals surface area contributed by atoms with Gasteiger partial charge in [0.2, 0.25) is 0 Å². The van der Waals surface area contributed by atoms with E-state index in [1.807, 2.05) is 60.1 Å². The van der Waals surface area contributed by atoms with Crippen molar-refractivity contribution in [3.8, 4) is 0 Å². The molecule has 26 heavy (non-hydrogen) atoms. The van der Waals surface area contributed by atoms with Crippen LogP contribution in [0.2, 0.25) is 5.02 Å². The molecule has 0 saturated carbocycles. The van der Waals surface area contributed by atoms with Gasteiger partial charge in [-0.3, -0.25) is 9.39 Å². The van der Waals surface area contributed by atoms with Crippen LogP contribution in [0.3, 0.4) is 0 Å². The molecule has 6 nitrogen and oxygen atoms in total. The van der Waals surface area contributed by atoms with Crippen LogP contribution < -0.4 is 5.32 Å². The van der Waals surface area contributed by atoms with Gasteiger partial charge in [-0.1, -0.05) is 35.9 Å². The summed E-state index contributed by atoms with van der Waals surface area (Å²) in [5.74, 6) is 1.76. The van der Waals surface area contributed by atoms with Crippen molar-refractivity contribution in [2.24, 2.45) is 4.99 Å². The van der Waals surface area contributed by atoms with Crippen LogP contribution in [-0.2, 0) is 13.0 Å². The molecule has 0 aliphatic carbocycles. The third-order valence-electron chi connectivity index (χ3n) is 4.04. The number of hydrogen-bond acceptors (Lipinski definition) is 3. The molecule has 0 amide bonds. The van der Waals surface area contributed by atoms with Gasteiger partial charge in [-0.2, -0.15) is 0 Å². The number of fused-ring (bicyclic) bond motifs is 1. The second kappa shape index (κ2) is 8.67. The lowest BCUT2D eigenvalue weighted by atomic mass is 10.2. The minimum Gasteiger partial charge on any atom is -0.357 e. The number of nitrogens with one attached hydrogen (secondary N) is 1. The molecular formula is C19H23ClN6. The highest BCUT2D eigenvalue weighted by molar-refractivity contribution is 6.31. The Morgan fingerprint density at radius 3 is 2.81 bits per heavy atom. The molecule has 0 bridgehead atoms. The Morgan fingerprint density at radius 1 is 1.19 bits per heavy atom. The Balaban J connectivity index is 1.67. The molecule has 7 heteroatoms. The predicted octanol–water partition coefficient (Wildman–Crippen LogP) is 3.02. The summed E-state index contributed by atoms with van der Waals surface area (Å²) in [4.78, 5) is 6.80. The maximum Gasteiger partial charge on any atom is 0.193 e. The zero-order chi connectivity index (χ0) is 18.4. The molecule has 3 aromatic rings. The number of nitrogens with zero attached hydrogens (tertiary/aromatic N) is 5. The van der Waals surface area contributed by atoms with Gasteiger partial charge in [0, 0.05) is 44.3 Å². The standard InChI is InChI=1S/C19H23ClN6/c1-3-21-19(25(2)14-15-8-4-5-9-16(15)20)22-12-11-18-24-23-17-10-6-7-13-26(17)18/h4-10,13H,3,11-12,14H2,1-2H3,(H,21,22). The smallest absolute Gasteiger partial charge is 0.193 e. The average Bonchev–Trinajstić information content (AvgIpc) is 3.06. The van der Waals surface area contributed by atoms with E-state index in [9.17, 15) is 0 Å². The highest BCUT2D eigenvalue weighted by atomic mass is 35.5. The zero-order valence-electron chi connectivity index (χ0n) is 15.1. The summed E-state index contributed by atoms with van der Waals surface area (Å²) in [7, 11) is 2.01. The molecule has 0 aliphatic heterocycles. The normalized spacial score (nSPS) is 11.7. The van der Waals surface area contributed by atoms with Gasteiger partial charge in [-0.15, -0.1) is 10.2 Å². The molecule has 1 N–H and O–H groups in total. The maximum absolute atomic E-state index is 6.27. The zero-order valence-corrected chi connectivity index (χ0v) is 15.8. The molecule has 136 valence electrons. The van der Waals surface area contributed by atoms with E-state index in [1.54, 1.807) is 0 Å². The summed E-state index contributed by atoms with van der Waals surface area (Å²) in [6, 6.07) is 13.8. The van der Waals surface area contributed by atoms with E-state index in [2.05, 4.69) is 27.3 Å². The summed E-state index contributed by atoms with van der Waals surface area (Å²) >= 11 is 6.27. The van der Waals surface area contributed by atoms with Gasteiger partial charge in [0.15, 0.2) is 11.6 Å². The van der Waals surface area contributed by atoms with Crippen molar-refractivity contribution in [1.82, 2.24) is 24.8 Å². The average molecular weight is 371 g/mol.